The Bertz CT molecular complexity index is 745. The molecular weight excluding hydrogens is 306 g/mol. The van der Waals surface area contributed by atoms with Crippen LogP contribution in [0.3, 0.4) is 0 Å². The van der Waals surface area contributed by atoms with Crippen LogP contribution in [0.15, 0.2) is 65.8 Å². The monoisotopic (exact) mass is 323 g/mol. The Labute approximate surface area is 139 Å². The van der Waals surface area contributed by atoms with E-state index in [0.717, 1.165) is 11.3 Å². The Hall–Kier alpha value is -3.15. The van der Waals surface area contributed by atoms with E-state index in [1.165, 1.54) is 0 Å². The fourth-order valence-corrected chi connectivity index (χ4v) is 2.33. The Kier molecular flexibility index (Phi) is 4.86. The molecule has 0 radical (unpaired) electrons. The molecule has 0 aliphatic carbocycles. The highest BCUT2D eigenvalue weighted by Gasteiger charge is 2.28. The van der Waals surface area contributed by atoms with Gasteiger partial charge < -0.3 is 15.5 Å². The average molecular weight is 323 g/mol. The van der Waals surface area contributed by atoms with Crippen LogP contribution in [0.25, 0.3) is 0 Å². The maximum Gasteiger partial charge on any atom is 0.264 e. The van der Waals surface area contributed by atoms with Gasteiger partial charge in [-0.05, 0) is 17.7 Å². The van der Waals surface area contributed by atoms with Gasteiger partial charge >= 0.3 is 0 Å². The van der Waals surface area contributed by atoms with Gasteiger partial charge in [0, 0.05) is 12.1 Å². The van der Waals surface area contributed by atoms with E-state index in [1.54, 1.807) is 12.1 Å². The van der Waals surface area contributed by atoms with Crippen LogP contribution in [0, 0.1) is 0 Å². The minimum absolute atomic E-state index is 0.117. The predicted octanol–water partition coefficient (Wildman–Crippen LogP) is 1.93. The van der Waals surface area contributed by atoms with Crippen molar-refractivity contribution in [3.8, 4) is 0 Å². The molecule has 0 fully saturated rings. The highest BCUT2D eigenvalue weighted by atomic mass is 16.6. The Morgan fingerprint density at radius 2 is 1.71 bits per heavy atom. The van der Waals surface area contributed by atoms with E-state index in [9.17, 15) is 9.59 Å². The van der Waals surface area contributed by atoms with Crippen LogP contribution >= 0.6 is 0 Å². The van der Waals surface area contributed by atoms with E-state index in [2.05, 4.69) is 15.8 Å². The van der Waals surface area contributed by atoms with E-state index in [4.69, 9.17) is 4.84 Å². The Balaban J connectivity index is 1.46. The first-order valence-electron chi connectivity index (χ1n) is 7.63. The number of hydrogen-bond donors (Lipinski definition) is 2. The molecule has 6 nitrogen and oxygen atoms in total. The van der Waals surface area contributed by atoms with Crippen LogP contribution in [0.2, 0.25) is 0 Å². The summed E-state index contributed by atoms with van der Waals surface area (Å²) in [5.41, 5.74) is 2.34. The van der Waals surface area contributed by atoms with Crippen molar-refractivity contribution < 1.29 is 14.4 Å². The quantitative estimate of drug-likeness (QED) is 0.882. The van der Waals surface area contributed by atoms with E-state index < -0.39 is 6.10 Å². The fraction of sp³-hybridized carbons (Fsp3) is 0.167. The summed E-state index contributed by atoms with van der Waals surface area (Å²) in [6.07, 6.45) is -0.319. The molecule has 0 saturated carbocycles. The van der Waals surface area contributed by atoms with Gasteiger partial charge in [-0.1, -0.05) is 53.7 Å². The first kappa shape index (κ1) is 15.7. The summed E-state index contributed by atoms with van der Waals surface area (Å²) in [4.78, 5) is 29.1. The van der Waals surface area contributed by atoms with Crippen molar-refractivity contribution in [2.75, 3.05) is 11.9 Å². The lowest BCUT2D eigenvalue weighted by atomic mass is 10.0. The zero-order chi connectivity index (χ0) is 16.8. The number of carbonyl (C=O) groups is 2. The van der Waals surface area contributed by atoms with Gasteiger partial charge in [0.2, 0.25) is 12.0 Å². The van der Waals surface area contributed by atoms with Gasteiger partial charge in [-0.25, -0.2) is 0 Å². The Morgan fingerprint density at radius 1 is 1.04 bits per heavy atom. The van der Waals surface area contributed by atoms with Crippen molar-refractivity contribution in [3.63, 3.8) is 0 Å². The van der Waals surface area contributed by atoms with Gasteiger partial charge in [0.05, 0.1) is 12.3 Å². The number of anilines is 1. The van der Waals surface area contributed by atoms with E-state index in [1.807, 2.05) is 48.5 Å². The molecule has 2 aromatic carbocycles. The average Bonchev–Trinajstić information content (AvgIpc) is 3.11. The second kappa shape index (κ2) is 7.41. The van der Waals surface area contributed by atoms with Gasteiger partial charge in [-0.2, -0.15) is 0 Å². The zero-order valence-electron chi connectivity index (χ0n) is 12.9. The molecule has 2 aromatic rings. The normalized spacial score (nSPS) is 16.0. The molecule has 122 valence electrons. The van der Waals surface area contributed by atoms with Crippen LogP contribution in [0.5, 0.6) is 0 Å². The second-order valence-electron chi connectivity index (χ2n) is 5.33. The zero-order valence-corrected chi connectivity index (χ0v) is 12.9. The molecule has 1 atom stereocenters. The number of para-hydroxylation sites is 1. The van der Waals surface area contributed by atoms with E-state index in [0.29, 0.717) is 12.1 Å². The standard InChI is InChI=1S/C18H17N3O3/c22-17(20-14-9-5-2-6-10-14)12-19-18(23)16-11-15(21-24-16)13-7-3-1-4-8-13/h1-10,16H,11-12H2,(H,19,23)(H,20,22). The first-order valence-corrected chi connectivity index (χ1v) is 7.63. The third kappa shape index (κ3) is 3.98. The lowest BCUT2D eigenvalue weighted by Crippen LogP contribution is -2.39. The second-order valence-corrected chi connectivity index (χ2v) is 5.33. The van der Waals surface area contributed by atoms with Gasteiger partial charge in [-0.3, -0.25) is 9.59 Å². The van der Waals surface area contributed by atoms with Gasteiger partial charge in [0.15, 0.2) is 0 Å². The molecule has 0 saturated heterocycles. The third-order valence-electron chi connectivity index (χ3n) is 3.55. The number of rotatable bonds is 5. The SMILES string of the molecule is O=C(CNC(=O)C1CC(c2ccccc2)=NO1)Nc1ccccc1. The smallest absolute Gasteiger partial charge is 0.264 e. The molecular formula is C18H17N3O3. The highest BCUT2D eigenvalue weighted by Crippen LogP contribution is 2.16. The first-order chi connectivity index (χ1) is 11.7. The molecule has 6 heteroatoms. The molecule has 0 aromatic heterocycles. The van der Waals surface area contributed by atoms with Crippen molar-refractivity contribution in [3.05, 3.63) is 66.2 Å². The molecule has 0 bridgehead atoms. The number of nitrogens with zero attached hydrogens (tertiary/aromatic N) is 1. The topological polar surface area (TPSA) is 79.8 Å². The maximum absolute atomic E-state index is 12.1. The number of carbonyl (C=O) groups excluding carboxylic acids is 2. The fourth-order valence-electron chi connectivity index (χ4n) is 2.33. The number of hydrogen-bond acceptors (Lipinski definition) is 4. The molecule has 2 N–H and O–H groups in total. The molecule has 2 amide bonds. The number of amides is 2. The van der Waals surface area contributed by atoms with Gasteiger partial charge in [-0.15, -0.1) is 0 Å². The number of nitrogens with one attached hydrogen (secondary N) is 2. The van der Waals surface area contributed by atoms with Crippen LogP contribution in [0.4, 0.5) is 5.69 Å². The third-order valence-corrected chi connectivity index (χ3v) is 3.55. The number of oxime groups is 1. The summed E-state index contributed by atoms with van der Waals surface area (Å²) in [5.74, 6) is -0.648. The lowest BCUT2D eigenvalue weighted by Gasteiger charge is -2.10. The molecule has 0 spiro atoms. The van der Waals surface area contributed by atoms with Gasteiger partial charge in [0.25, 0.3) is 5.91 Å². The van der Waals surface area contributed by atoms with Crippen LogP contribution in [0.1, 0.15) is 12.0 Å². The van der Waals surface area contributed by atoms with Gasteiger partial charge in [0.1, 0.15) is 0 Å². The Morgan fingerprint density at radius 3 is 2.42 bits per heavy atom. The van der Waals surface area contributed by atoms with Crippen LogP contribution in [-0.2, 0) is 14.4 Å². The summed E-state index contributed by atoms with van der Waals surface area (Å²) < 4.78 is 0. The van der Waals surface area contributed by atoms with E-state index in [-0.39, 0.29) is 18.4 Å². The van der Waals surface area contributed by atoms with Crippen LogP contribution in [-0.4, -0.2) is 30.2 Å². The predicted molar refractivity (Wildman–Crippen MR) is 90.6 cm³/mol. The summed E-state index contributed by atoms with van der Waals surface area (Å²) in [6.45, 7) is -0.117. The van der Waals surface area contributed by atoms with Crippen molar-refractivity contribution in [2.24, 2.45) is 5.16 Å². The minimum Gasteiger partial charge on any atom is -0.382 e. The molecule has 3 rings (SSSR count). The lowest BCUT2D eigenvalue weighted by molar-refractivity contribution is -0.132. The molecule has 1 heterocycles. The van der Waals surface area contributed by atoms with Crippen molar-refractivity contribution in [2.45, 2.75) is 12.5 Å². The molecule has 1 aliphatic heterocycles. The highest BCUT2D eigenvalue weighted by molar-refractivity contribution is 6.04. The van der Waals surface area contributed by atoms with Crippen molar-refractivity contribution >= 4 is 23.2 Å². The van der Waals surface area contributed by atoms with Crippen molar-refractivity contribution in [1.82, 2.24) is 5.32 Å². The minimum atomic E-state index is -0.704. The summed E-state index contributed by atoms with van der Waals surface area (Å²) in [5, 5.41) is 9.23. The van der Waals surface area contributed by atoms with Crippen LogP contribution < -0.4 is 10.6 Å². The van der Waals surface area contributed by atoms with E-state index >= 15 is 0 Å². The largest absolute Gasteiger partial charge is 0.382 e. The summed E-state index contributed by atoms with van der Waals surface area (Å²) >= 11 is 0. The molecule has 24 heavy (non-hydrogen) atoms. The molecule has 1 unspecified atom stereocenters. The summed E-state index contributed by atoms with van der Waals surface area (Å²) in [7, 11) is 0. The number of benzene rings is 2. The van der Waals surface area contributed by atoms with Crippen molar-refractivity contribution in [1.29, 1.82) is 0 Å². The summed E-state index contributed by atoms with van der Waals surface area (Å²) in [6, 6.07) is 18.6. The maximum atomic E-state index is 12.1. The molecule has 1 aliphatic rings.